The van der Waals surface area contributed by atoms with Crippen molar-refractivity contribution in [2.75, 3.05) is 25.5 Å². The molecule has 1 aliphatic rings. The predicted molar refractivity (Wildman–Crippen MR) is 97.3 cm³/mol. The van der Waals surface area contributed by atoms with Crippen LogP contribution in [-0.2, 0) is 9.53 Å². The third-order valence-corrected chi connectivity index (χ3v) is 5.00. The third-order valence-electron chi connectivity index (χ3n) is 3.65. The number of anilines is 1. The molecule has 1 aromatic carbocycles. The molecule has 1 N–H and O–H groups in total. The number of thioether (sulfide) groups is 1. The topological polar surface area (TPSA) is 58.6 Å². The van der Waals surface area contributed by atoms with Gasteiger partial charge in [-0.05, 0) is 30.0 Å². The van der Waals surface area contributed by atoms with Gasteiger partial charge in [-0.1, -0.05) is 39.5 Å². The van der Waals surface area contributed by atoms with Gasteiger partial charge in [-0.2, -0.15) is 0 Å². The maximum absolute atomic E-state index is 12.6. The lowest BCUT2D eigenvalue weighted by atomic mass is 10.1. The molecule has 0 aromatic heterocycles. The quantitative estimate of drug-likeness (QED) is 0.796. The molecule has 1 aliphatic heterocycles. The Morgan fingerprint density at radius 2 is 1.88 bits per heavy atom. The highest BCUT2D eigenvalue weighted by Gasteiger charge is 2.33. The van der Waals surface area contributed by atoms with Crippen molar-refractivity contribution in [3.63, 3.8) is 0 Å². The molecule has 0 saturated carbocycles. The van der Waals surface area contributed by atoms with E-state index in [4.69, 9.17) is 4.74 Å². The summed E-state index contributed by atoms with van der Waals surface area (Å²) in [5, 5.41) is 2.70. The van der Waals surface area contributed by atoms with Gasteiger partial charge in [0, 0.05) is 18.0 Å². The van der Waals surface area contributed by atoms with Crippen LogP contribution >= 0.6 is 11.8 Å². The Labute approximate surface area is 148 Å². The van der Waals surface area contributed by atoms with Gasteiger partial charge in [-0.15, -0.1) is 0 Å². The minimum absolute atomic E-state index is 0.0317. The van der Waals surface area contributed by atoms with Crippen LogP contribution < -0.4 is 5.32 Å². The largest absolute Gasteiger partial charge is 0.465 e. The normalized spacial score (nSPS) is 17.2. The average molecular weight is 350 g/mol. The van der Waals surface area contributed by atoms with Crippen molar-refractivity contribution >= 4 is 29.3 Å². The molecular weight excluding hydrogens is 324 g/mol. The zero-order valence-corrected chi connectivity index (χ0v) is 15.8. The Balaban J connectivity index is 2.24. The molecule has 0 saturated heterocycles. The number of methoxy groups -OCH3 is 1. The average Bonchev–Trinajstić information content (AvgIpc) is 2.51. The van der Waals surface area contributed by atoms with Gasteiger partial charge in [0.1, 0.15) is 5.37 Å². The smallest absolute Gasteiger partial charge is 0.337 e. The molecule has 24 heavy (non-hydrogen) atoms. The number of rotatable bonds is 6. The summed E-state index contributed by atoms with van der Waals surface area (Å²) in [6.07, 6.45) is 0. The first-order valence-corrected chi connectivity index (χ1v) is 9.13. The van der Waals surface area contributed by atoms with Gasteiger partial charge in [0.15, 0.2) is 0 Å². The van der Waals surface area contributed by atoms with E-state index in [1.165, 1.54) is 7.11 Å². The number of carbonyl (C=O) groups excluding carboxylic acids is 2. The molecule has 0 fully saturated rings. The SMILES string of the molecule is COC(=O)c1ccc2c(c1)NC(=O)[C@@H](N(CC(C)C)CC(C)C)S2. The Kier molecular flexibility index (Phi) is 6.29. The Morgan fingerprint density at radius 1 is 1.25 bits per heavy atom. The summed E-state index contributed by atoms with van der Waals surface area (Å²) < 4.78 is 4.73. The fourth-order valence-electron chi connectivity index (χ4n) is 2.79. The van der Waals surface area contributed by atoms with E-state index in [9.17, 15) is 9.59 Å². The van der Waals surface area contributed by atoms with Gasteiger partial charge < -0.3 is 10.1 Å². The number of esters is 1. The molecule has 5 nitrogen and oxygen atoms in total. The second-order valence-corrected chi connectivity index (χ2v) is 8.03. The fraction of sp³-hybridized carbons (Fsp3) is 0.556. The molecule has 0 bridgehead atoms. The molecule has 0 radical (unpaired) electrons. The predicted octanol–water partition coefficient (Wildman–Crippen LogP) is 3.46. The molecule has 6 heteroatoms. The summed E-state index contributed by atoms with van der Waals surface area (Å²) >= 11 is 1.55. The first-order valence-electron chi connectivity index (χ1n) is 8.25. The van der Waals surface area contributed by atoms with Gasteiger partial charge in [0.25, 0.3) is 5.91 Å². The zero-order chi connectivity index (χ0) is 17.9. The lowest BCUT2D eigenvalue weighted by Crippen LogP contribution is -2.46. The van der Waals surface area contributed by atoms with Gasteiger partial charge in [-0.3, -0.25) is 9.69 Å². The highest BCUT2D eigenvalue weighted by molar-refractivity contribution is 8.00. The van der Waals surface area contributed by atoms with Gasteiger partial charge in [-0.25, -0.2) is 4.79 Å². The van der Waals surface area contributed by atoms with Gasteiger partial charge >= 0.3 is 5.97 Å². The van der Waals surface area contributed by atoms with E-state index in [1.807, 2.05) is 6.07 Å². The van der Waals surface area contributed by atoms with E-state index in [1.54, 1.807) is 23.9 Å². The first kappa shape index (κ1) is 18.8. The number of benzene rings is 1. The van der Waals surface area contributed by atoms with Crippen molar-refractivity contribution in [3.05, 3.63) is 23.8 Å². The van der Waals surface area contributed by atoms with Crippen LogP contribution in [0.1, 0.15) is 38.1 Å². The molecule has 0 spiro atoms. The van der Waals surface area contributed by atoms with Crippen molar-refractivity contribution < 1.29 is 14.3 Å². The molecule has 1 aromatic rings. The second kappa shape index (κ2) is 8.03. The second-order valence-electron chi connectivity index (χ2n) is 6.90. The number of amides is 1. The van der Waals surface area contributed by atoms with E-state index in [2.05, 4.69) is 37.9 Å². The number of hydrogen-bond acceptors (Lipinski definition) is 5. The monoisotopic (exact) mass is 350 g/mol. The Bertz CT molecular complexity index is 606. The molecule has 132 valence electrons. The van der Waals surface area contributed by atoms with Crippen molar-refractivity contribution in [1.82, 2.24) is 4.90 Å². The summed E-state index contributed by atoms with van der Waals surface area (Å²) in [5.74, 6) is 0.539. The van der Waals surface area contributed by atoms with Crippen LogP contribution in [0.3, 0.4) is 0 Å². The number of fused-ring (bicyclic) bond motifs is 1. The minimum Gasteiger partial charge on any atom is -0.465 e. The van der Waals surface area contributed by atoms with Crippen LogP contribution in [0.4, 0.5) is 5.69 Å². The lowest BCUT2D eigenvalue weighted by Gasteiger charge is -2.35. The number of nitrogens with one attached hydrogen (secondary N) is 1. The lowest BCUT2D eigenvalue weighted by molar-refractivity contribution is -0.118. The summed E-state index contributed by atoms with van der Waals surface area (Å²) in [4.78, 5) is 27.5. The van der Waals surface area contributed by atoms with Gasteiger partial charge in [0.2, 0.25) is 0 Å². The number of hydrogen-bond donors (Lipinski definition) is 1. The number of carbonyl (C=O) groups is 2. The maximum atomic E-state index is 12.6. The standard InChI is InChI=1S/C18H26N2O3S/c1-11(2)9-20(10-12(3)4)17-16(21)19-14-8-13(18(22)23-5)6-7-15(14)24-17/h6-8,11-12,17H,9-10H2,1-5H3,(H,19,21)/t17-/m0/s1. The van der Waals surface area contributed by atoms with Crippen LogP contribution in [0.25, 0.3) is 0 Å². The van der Waals surface area contributed by atoms with Crippen LogP contribution in [-0.4, -0.2) is 42.3 Å². The van der Waals surface area contributed by atoms with Crippen molar-refractivity contribution in [2.45, 2.75) is 38.0 Å². The maximum Gasteiger partial charge on any atom is 0.337 e. The van der Waals surface area contributed by atoms with Crippen molar-refractivity contribution in [3.8, 4) is 0 Å². The summed E-state index contributed by atoms with van der Waals surface area (Å²) in [5.41, 5.74) is 1.12. The van der Waals surface area contributed by atoms with Crippen LogP contribution in [0.5, 0.6) is 0 Å². The summed E-state index contributed by atoms with van der Waals surface area (Å²) in [6, 6.07) is 5.29. The van der Waals surface area contributed by atoms with E-state index in [0.29, 0.717) is 23.1 Å². The zero-order valence-electron chi connectivity index (χ0n) is 15.0. The summed E-state index contributed by atoms with van der Waals surface area (Å²) in [7, 11) is 1.35. The first-order chi connectivity index (χ1) is 11.3. The van der Waals surface area contributed by atoms with E-state index < -0.39 is 5.97 Å². The van der Waals surface area contributed by atoms with E-state index in [0.717, 1.165) is 18.0 Å². The van der Waals surface area contributed by atoms with Crippen molar-refractivity contribution in [1.29, 1.82) is 0 Å². The third kappa shape index (κ3) is 4.51. The Hall–Kier alpha value is -1.53. The highest BCUT2D eigenvalue weighted by Crippen LogP contribution is 2.38. The number of nitrogens with zero attached hydrogens (tertiary/aromatic N) is 1. The molecule has 1 atom stereocenters. The molecular formula is C18H26N2O3S. The van der Waals surface area contributed by atoms with Crippen LogP contribution in [0.15, 0.2) is 23.1 Å². The van der Waals surface area contributed by atoms with Crippen LogP contribution in [0, 0.1) is 11.8 Å². The van der Waals surface area contributed by atoms with E-state index >= 15 is 0 Å². The minimum atomic E-state index is -0.402. The summed E-state index contributed by atoms with van der Waals surface area (Å²) in [6.45, 7) is 10.4. The fourth-order valence-corrected chi connectivity index (χ4v) is 3.90. The highest BCUT2D eigenvalue weighted by atomic mass is 32.2. The molecule has 0 aliphatic carbocycles. The molecule has 1 heterocycles. The van der Waals surface area contributed by atoms with Crippen LogP contribution in [0.2, 0.25) is 0 Å². The Morgan fingerprint density at radius 3 is 2.42 bits per heavy atom. The van der Waals surface area contributed by atoms with Crippen molar-refractivity contribution in [2.24, 2.45) is 11.8 Å². The molecule has 2 rings (SSSR count). The number of ether oxygens (including phenoxy) is 1. The molecule has 1 amide bonds. The van der Waals surface area contributed by atoms with Gasteiger partial charge in [0.05, 0.1) is 18.4 Å². The molecule has 0 unspecified atom stereocenters. The van der Waals surface area contributed by atoms with E-state index in [-0.39, 0.29) is 11.3 Å².